The Hall–Kier alpha value is -0.650. The minimum Gasteiger partial charge on any atom is -0.289 e. The quantitative estimate of drug-likeness (QED) is 0.857. The molecule has 0 amide bonds. The minimum atomic E-state index is -0.196. The summed E-state index contributed by atoms with van der Waals surface area (Å²) < 4.78 is 13.6. The molecule has 1 aromatic heterocycles. The summed E-state index contributed by atoms with van der Waals surface area (Å²) in [6.07, 6.45) is 2.88. The normalized spacial score (nSPS) is 28.2. The molecule has 0 N–H and O–H groups in total. The van der Waals surface area contributed by atoms with Crippen molar-refractivity contribution in [1.29, 1.82) is 0 Å². The highest BCUT2D eigenvalue weighted by atomic mass is 32.1. The van der Waals surface area contributed by atoms with E-state index in [-0.39, 0.29) is 10.7 Å². The van der Waals surface area contributed by atoms with Crippen LogP contribution in [0.4, 0.5) is 4.39 Å². The van der Waals surface area contributed by atoms with Gasteiger partial charge in [0.2, 0.25) is 0 Å². The van der Waals surface area contributed by atoms with E-state index < -0.39 is 0 Å². The zero-order chi connectivity index (χ0) is 13.6. The molecule has 3 nitrogen and oxygen atoms in total. The van der Waals surface area contributed by atoms with Crippen molar-refractivity contribution in [2.24, 2.45) is 0 Å². The van der Waals surface area contributed by atoms with Gasteiger partial charge in [-0.25, -0.2) is 4.39 Å². The molecule has 104 valence electrons. The van der Waals surface area contributed by atoms with Crippen molar-refractivity contribution in [3.05, 3.63) is 29.8 Å². The van der Waals surface area contributed by atoms with E-state index in [1.165, 1.54) is 12.5 Å². The number of piperazine rings is 1. The summed E-state index contributed by atoms with van der Waals surface area (Å²) in [7, 11) is 0. The second kappa shape index (κ2) is 4.72. The van der Waals surface area contributed by atoms with Gasteiger partial charge in [-0.2, -0.15) is 12.6 Å². The van der Waals surface area contributed by atoms with Gasteiger partial charge in [0.15, 0.2) is 0 Å². The molecule has 4 heterocycles. The van der Waals surface area contributed by atoms with E-state index in [1.54, 1.807) is 12.3 Å². The summed E-state index contributed by atoms with van der Waals surface area (Å²) in [6.45, 7) is 6.92. The maximum absolute atomic E-state index is 13.6. The third-order valence-electron chi connectivity index (χ3n) is 4.29. The van der Waals surface area contributed by atoms with Crippen LogP contribution in [-0.2, 0) is 6.54 Å². The molecule has 0 aliphatic carbocycles. The van der Waals surface area contributed by atoms with E-state index in [2.05, 4.69) is 41.3 Å². The van der Waals surface area contributed by atoms with Crippen LogP contribution in [0.25, 0.3) is 0 Å². The number of piperidine rings is 1. The summed E-state index contributed by atoms with van der Waals surface area (Å²) in [5.41, 5.74) is 0.566. The van der Waals surface area contributed by atoms with Gasteiger partial charge in [0.1, 0.15) is 5.82 Å². The Bertz CT molecular complexity index is 462. The Labute approximate surface area is 119 Å². The van der Waals surface area contributed by atoms with E-state index >= 15 is 0 Å². The molecule has 3 saturated heterocycles. The molecule has 4 rings (SSSR count). The highest BCUT2D eigenvalue weighted by Crippen LogP contribution is 2.37. The van der Waals surface area contributed by atoms with Crippen LogP contribution < -0.4 is 0 Å². The standard InChI is InChI=1S/C14H20FN3S/c1-14(2,19)17-7-10-6-11(8-17)18(10)9-13-12(15)4-3-5-16-13/h3-5,10-11,19H,6-9H2,1-2H3. The molecule has 2 unspecified atom stereocenters. The summed E-state index contributed by atoms with van der Waals surface area (Å²) in [6, 6.07) is 4.17. The molecule has 2 atom stereocenters. The second-order valence-electron chi connectivity index (χ2n) is 6.05. The minimum absolute atomic E-state index is 0.0702. The summed E-state index contributed by atoms with van der Waals surface area (Å²) in [5, 5.41) is 0. The molecule has 0 spiro atoms. The van der Waals surface area contributed by atoms with Crippen LogP contribution in [0.2, 0.25) is 0 Å². The van der Waals surface area contributed by atoms with Gasteiger partial charge >= 0.3 is 0 Å². The van der Waals surface area contributed by atoms with Crippen molar-refractivity contribution in [2.45, 2.75) is 43.8 Å². The van der Waals surface area contributed by atoms with Gasteiger partial charge in [0.05, 0.1) is 10.6 Å². The van der Waals surface area contributed by atoms with E-state index in [0.29, 0.717) is 24.3 Å². The van der Waals surface area contributed by atoms with Gasteiger partial charge in [-0.15, -0.1) is 0 Å². The molecular formula is C14H20FN3S. The maximum Gasteiger partial charge on any atom is 0.146 e. The number of pyridine rings is 1. The number of fused-ring (bicyclic) bond motifs is 2. The highest BCUT2D eigenvalue weighted by molar-refractivity contribution is 7.81. The van der Waals surface area contributed by atoms with E-state index in [4.69, 9.17) is 0 Å². The number of hydrogen-bond donors (Lipinski definition) is 1. The van der Waals surface area contributed by atoms with Crippen LogP contribution >= 0.6 is 12.6 Å². The molecular weight excluding hydrogens is 261 g/mol. The maximum atomic E-state index is 13.6. The van der Waals surface area contributed by atoms with Crippen LogP contribution in [0.5, 0.6) is 0 Å². The van der Waals surface area contributed by atoms with E-state index in [9.17, 15) is 4.39 Å². The van der Waals surface area contributed by atoms with Gasteiger partial charge in [-0.3, -0.25) is 14.8 Å². The van der Waals surface area contributed by atoms with E-state index in [0.717, 1.165) is 13.1 Å². The number of hydrogen-bond acceptors (Lipinski definition) is 4. The smallest absolute Gasteiger partial charge is 0.146 e. The van der Waals surface area contributed by atoms with Crippen molar-refractivity contribution in [3.8, 4) is 0 Å². The SMILES string of the molecule is CC(C)(S)N1CC2CC(C1)N2Cc1ncccc1F. The Morgan fingerprint density at radius 2 is 2.11 bits per heavy atom. The Kier molecular flexibility index (Phi) is 3.31. The van der Waals surface area contributed by atoms with Crippen molar-refractivity contribution in [1.82, 2.24) is 14.8 Å². The monoisotopic (exact) mass is 281 g/mol. The first-order valence-corrected chi connectivity index (χ1v) is 7.22. The molecule has 3 aliphatic heterocycles. The topological polar surface area (TPSA) is 19.4 Å². The van der Waals surface area contributed by atoms with Gasteiger partial charge in [-0.05, 0) is 32.4 Å². The molecule has 19 heavy (non-hydrogen) atoms. The molecule has 0 aromatic carbocycles. The van der Waals surface area contributed by atoms with Crippen molar-refractivity contribution in [3.63, 3.8) is 0 Å². The van der Waals surface area contributed by atoms with Crippen LogP contribution in [0.1, 0.15) is 26.0 Å². The van der Waals surface area contributed by atoms with Crippen molar-refractivity contribution < 1.29 is 4.39 Å². The number of nitrogens with zero attached hydrogens (tertiary/aromatic N) is 3. The largest absolute Gasteiger partial charge is 0.289 e. The third-order valence-corrected chi connectivity index (χ3v) is 4.57. The fraction of sp³-hybridized carbons (Fsp3) is 0.643. The predicted molar refractivity (Wildman–Crippen MR) is 76.6 cm³/mol. The molecule has 3 fully saturated rings. The molecule has 2 bridgehead atoms. The fourth-order valence-corrected chi connectivity index (χ4v) is 3.26. The summed E-state index contributed by atoms with van der Waals surface area (Å²) in [4.78, 5) is 8.86. The van der Waals surface area contributed by atoms with Gasteiger partial charge < -0.3 is 0 Å². The average molecular weight is 281 g/mol. The van der Waals surface area contributed by atoms with Crippen LogP contribution in [-0.4, -0.2) is 44.8 Å². The lowest BCUT2D eigenvalue weighted by atomic mass is 9.86. The first kappa shape index (κ1) is 13.3. The lowest BCUT2D eigenvalue weighted by Gasteiger charge is -2.58. The first-order valence-electron chi connectivity index (χ1n) is 6.77. The van der Waals surface area contributed by atoms with Gasteiger partial charge in [0.25, 0.3) is 0 Å². The Morgan fingerprint density at radius 3 is 2.68 bits per heavy atom. The number of aromatic nitrogens is 1. The van der Waals surface area contributed by atoms with Crippen LogP contribution in [0, 0.1) is 5.82 Å². The number of rotatable bonds is 3. The third kappa shape index (κ3) is 2.51. The zero-order valence-corrected chi connectivity index (χ0v) is 12.3. The van der Waals surface area contributed by atoms with Gasteiger partial charge in [0, 0.05) is 37.9 Å². The number of thiol groups is 1. The van der Waals surface area contributed by atoms with Crippen molar-refractivity contribution in [2.75, 3.05) is 13.1 Å². The molecule has 3 aliphatic rings. The van der Waals surface area contributed by atoms with Crippen LogP contribution in [0.15, 0.2) is 18.3 Å². The average Bonchev–Trinajstić information content (AvgIpc) is 2.36. The van der Waals surface area contributed by atoms with E-state index in [1.807, 2.05) is 0 Å². The van der Waals surface area contributed by atoms with Gasteiger partial charge in [-0.1, -0.05) is 0 Å². The molecule has 1 aromatic rings. The molecule has 0 saturated carbocycles. The Morgan fingerprint density at radius 1 is 1.42 bits per heavy atom. The first-order chi connectivity index (χ1) is 8.95. The van der Waals surface area contributed by atoms with Crippen LogP contribution in [0.3, 0.4) is 0 Å². The molecule has 0 radical (unpaired) electrons. The second-order valence-corrected chi connectivity index (χ2v) is 7.14. The lowest BCUT2D eigenvalue weighted by molar-refractivity contribution is -0.0890. The molecule has 5 heteroatoms. The summed E-state index contributed by atoms with van der Waals surface area (Å²) in [5.74, 6) is -0.196. The highest BCUT2D eigenvalue weighted by Gasteiger charge is 2.47. The number of halogens is 1. The predicted octanol–water partition coefficient (Wildman–Crippen LogP) is 2.15. The fourth-order valence-electron chi connectivity index (χ4n) is 3.10. The lowest BCUT2D eigenvalue weighted by Crippen LogP contribution is -2.70. The Balaban J connectivity index is 1.66. The zero-order valence-electron chi connectivity index (χ0n) is 11.4. The summed E-state index contributed by atoms with van der Waals surface area (Å²) >= 11 is 4.64. The van der Waals surface area contributed by atoms with Crippen molar-refractivity contribution >= 4 is 12.6 Å².